The van der Waals surface area contributed by atoms with Crippen molar-refractivity contribution in [2.75, 3.05) is 32.1 Å². The van der Waals surface area contributed by atoms with Crippen molar-refractivity contribution < 1.29 is 24.0 Å². The Morgan fingerprint density at radius 1 is 0.897 bits per heavy atom. The molecule has 2 saturated heterocycles. The van der Waals surface area contributed by atoms with Crippen LogP contribution < -0.4 is 15.5 Å². The van der Waals surface area contributed by atoms with Crippen LogP contribution >= 0.6 is 0 Å². The molecule has 0 radical (unpaired) electrons. The molecule has 2 aliphatic heterocycles. The van der Waals surface area contributed by atoms with Gasteiger partial charge in [0, 0.05) is 38.8 Å². The molecule has 0 saturated carbocycles. The molecule has 4 atom stereocenters. The number of nitrogens with zero attached hydrogens (tertiary/aromatic N) is 3. The van der Waals surface area contributed by atoms with Gasteiger partial charge in [0.2, 0.25) is 17.7 Å². The van der Waals surface area contributed by atoms with E-state index in [4.69, 9.17) is 0 Å². The van der Waals surface area contributed by atoms with Crippen molar-refractivity contribution in [1.29, 1.82) is 0 Å². The Kier molecular flexibility index (Phi) is 9.74. The summed E-state index contributed by atoms with van der Waals surface area (Å²) in [5, 5.41) is 5.63. The number of hydrogen-bond donors (Lipinski definition) is 2. The number of carbonyl (C=O) groups excluding carboxylic acids is 5. The van der Waals surface area contributed by atoms with Gasteiger partial charge < -0.3 is 25.3 Å². The van der Waals surface area contributed by atoms with E-state index in [9.17, 15) is 24.0 Å². The molecular weight excluding hydrogens is 498 g/mol. The SMILES string of the molecule is CC(=O)N[C@@H](CC(C)C)C(=O)N1CC(=O)[C@@H]2C1CCN2C(=O)[C@H](CC(C)C)NC(=O)c1ccc(N(C)C)cc1. The Morgan fingerprint density at radius 3 is 1.95 bits per heavy atom. The van der Waals surface area contributed by atoms with Crippen LogP contribution in [-0.2, 0) is 19.2 Å². The second-order valence-corrected chi connectivity index (χ2v) is 11.7. The quantitative estimate of drug-likeness (QED) is 0.467. The summed E-state index contributed by atoms with van der Waals surface area (Å²) in [6, 6.07) is 4.43. The van der Waals surface area contributed by atoms with E-state index in [0.717, 1.165) is 5.69 Å². The van der Waals surface area contributed by atoms with E-state index < -0.39 is 24.2 Å². The number of hydrogen-bond acceptors (Lipinski definition) is 6. The first-order valence-electron chi connectivity index (χ1n) is 13.8. The molecular formula is C29H43N5O5. The number of Topliss-reactive ketones (excluding diaryl/α,β-unsaturated/α-hetero) is 1. The van der Waals surface area contributed by atoms with Crippen molar-refractivity contribution in [2.45, 2.75) is 78.0 Å². The highest BCUT2D eigenvalue weighted by Gasteiger charge is 2.53. The van der Waals surface area contributed by atoms with E-state index >= 15 is 0 Å². The maximum Gasteiger partial charge on any atom is 0.251 e. The lowest BCUT2D eigenvalue weighted by Crippen LogP contribution is -2.53. The van der Waals surface area contributed by atoms with Crippen molar-refractivity contribution in [3.05, 3.63) is 29.8 Å². The van der Waals surface area contributed by atoms with Gasteiger partial charge in [0.05, 0.1) is 12.6 Å². The second-order valence-electron chi connectivity index (χ2n) is 11.7. The predicted molar refractivity (Wildman–Crippen MR) is 149 cm³/mol. The van der Waals surface area contributed by atoms with Gasteiger partial charge in [0.1, 0.15) is 18.1 Å². The van der Waals surface area contributed by atoms with Gasteiger partial charge in [-0.3, -0.25) is 24.0 Å². The van der Waals surface area contributed by atoms with Gasteiger partial charge >= 0.3 is 0 Å². The Labute approximate surface area is 231 Å². The topological polar surface area (TPSA) is 119 Å². The highest BCUT2D eigenvalue weighted by Crippen LogP contribution is 2.31. The number of ketones is 1. The number of rotatable bonds is 10. The Bertz CT molecular complexity index is 1080. The van der Waals surface area contributed by atoms with Gasteiger partial charge in [0.25, 0.3) is 5.91 Å². The molecule has 3 rings (SSSR count). The van der Waals surface area contributed by atoms with Gasteiger partial charge in [-0.15, -0.1) is 0 Å². The minimum absolute atomic E-state index is 0.0917. The largest absolute Gasteiger partial charge is 0.378 e. The Morgan fingerprint density at radius 2 is 1.44 bits per heavy atom. The highest BCUT2D eigenvalue weighted by atomic mass is 16.2. The molecule has 2 heterocycles. The third-order valence-corrected chi connectivity index (χ3v) is 7.33. The van der Waals surface area contributed by atoms with Crippen molar-refractivity contribution >= 4 is 35.1 Å². The highest BCUT2D eigenvalue weighted by molar-refractivity contribution is 6.01. The number of anilines is 1. The number of nitrogens with one attached hydrogen (secondary N) is 2. The minimum atomic E-state index is -0.796. The van der Waals surface area contributed by atoms with Gasteiger partial charge in [-0.25, -0.2) is 0 Å². The van der Waals surface area contributed by atoms with Gasteiger partial charge in [-0.05, 0) is 55.4 Å². The van der Waals surface area contributed by atoms with Crippen LogP contribution in [0, 0.1) is 11.8 Å². The van der Waals surface area contributed by atoms with Crippen molar-refractivity contribution in [3.63, 3.8) is 0 Å². The lowest BCUT2D eigenvalue weighted by atomic mass is 10.0. The molecule has 10 nitrogen and oxygen atoms in total. The van der Waals surface area contributed by atoms with Gasteiger partial charge in [0.15, 0.2) is 5.78 Å². The molecule has 1 aromatic carbocycles. The first-order chi connectivity index (χ1) is 18.3. The summed E-state index contributed by atoms with van der Waals surface area (Å²) in [6.45, 7) is 9.48. The smallest absolute Gasteiger partial charge is 0.251 e. The van der Waals surface area contributed by atoms with Crippen LogP contribution in [0.3, 0.4) is 0 Å². The van der Waals surface area contributed by atoms with E-state index in [1.807, 2.05) is 58.8 Å². The van der Waals surface area contributed by atoms with Crippen LogP contribution in [0.25, 0.3) is 0 Å². The number of benzene rings is 1. The fourth-order valence-corrected chi connectivity index (χ4v) is 5.54. The van der Waals surface area contributed by atoms with Gasteiger partial charge in [-0.1, -0.05) is 27.7 Å². The molecule has 0 spiro atoms. The molecule has 39 heavy (non-hydrogen) atoms. The normalized spacial score (nSPS) is 20.2. The standard InChI is InChI=1S/C29H43N5O5/c1-17(2)14-22(30-19(5)35)29(39)34-16-25(36)26-24(34)12-13-33(26)28(38)23(15-18(3)4)31-27(37)20-8-10-21(11-9-20)32(6)7/h8-11,17-18,22-24,26H,12-16H2,1-7H3,(H,30,35)(H,31,37)/t22-,23-,24?,26-/m0/s1. The third-order valence-electron chi connectivity index (χ3n) is 7.33. The average Bonchev–Trinajstić information content (AvgIpc) is 3.42. The monoisotopic (exact) mass is 541 g/mol. The number of fused-ring (bicyclic) bond motifs is 1. The van der Waals surface area contributed by atoms with Crippen LogP contribution in [0.4, 0.5) is 5.69 Å². The molecule has 2 fully saturated rings. The van der Waals surface area contributed by atoms with Crippen LogP contribution in [0.5, 0.6) is 0 Å². The number of amides is 4. The zero-order valence-corrected chi connectivity index (χ0v) is 24.2. The van der Waals surface area contributed by atoms with Crippen molar-refractivity contribution in [2.24, 2.45) is 11.8 Å². The molecule has 4 amide bonds. The van der Waals surface area contributed by atoms with E-state index in [1.165, 1.54) is 11.8 Å². The summed E-state index contributed by atoms with van der Waals surface area (Å²) >= 11 is 0. The van der Waals surface area contributed by atoms with E-state index in [0.29, 0.717) is 31.4 Å². The summed E-state index contributed by atoms with van der Waals surface area (Å²) in [5.74, 6) is -1.15. The fourth-order valence-electron chi connectivity index (χ4n) is 5.54. The van der Waals surface area contributed by atoms with Crippen LogP contribution in [-0.4, -0.2) is 90.6 Å². The Balaban J connectivity index is 1.77. The summed E-state index contributed by atoms with van der Waals surface area (Å²) in [5.41, 5.74) is 1.40. The minimum Gasteiger partial charge on any atom is -0.378 e. The maximum atomic E-state index is 13.8. The lowest BCUT2D eigenvalue weighted by molar-refractivity contribution is -0.138. The van der Waals surface area contributed by atoms with Crippen molar-refractivity contribution in [1.82, 2.24) is 20.4 Å². The fraction of sp³-hybridized carbons (Fsp3) is 0.621. The first-order valence-corrected chi connectivity index (χ1v) is 13.8. The molecule has 0 bridgehead atoms. The lowest BCUT2D eigenvalue weighted by Gasteiger charge is -2.30. The number of carbonyl (C=O) groups is 5. The zero-order chi connectivity index (χ0) is 29.0. The van der Waals surface area contributed by atoms with E-state index in [2.05, 4.69) is 10.6 Å². The summed E-state index contributed by atoms with van der Waals surface area (Å²) in [6.07, 6.45) is 1.35. The molecule has 2 aliphatic rings. The summed E-state index contributed by atoms with van der Waals surface area (Å²) in [7, 11) is 3.83. The second kappa shape index (κ2) is 12.6. The molecule has 1 unspecified atom stereocenters. The average molecular weight is 542 g/mol. The third kappa shape index (κ3) is 7.16. The predicted octanol–water partition coefficient (Wildman–Crippen LogP) is 1.83. The molecule has 0 aliphatic carbocycles. The van der Waals surface area contributed by atoms with Crippen LogP contribution in [0.2, 0.25) is 0 Å². The molecule has 214 valence electrons. The Hall–Kier alpha value is -3.43. The number of likely N-dealkylation sites (tertiary alicyclic amines) is 2. The molecule has 10 heteroatoms. The van der Waals surface area contributed by atoms with Crippen molar-refractivity contribution in [3.8, 4) is 0 Å². The van der Waals surface area contributed by atoms with Crippen LogP contribution in [0.1, 0.15) is 64.2 Å². The van der Waals surface area contributed by atoms with Crippen LogP contribution in [0.15, 0.2) is 24.3 Å². The molecule has 2 N–H and O–H groups in total. The molecule has 0 aromatic heterocycles. The first kappa shape index (κ1) is 30.1. The summed E-state index contributed by atoms with van der Waals surface area (Å²) < 4.78 is 0. The summed E-state index contributed by atoms with van der Waals surface area (Å²) in [4.78, 5) is 70.2. The zero-order valence-electron chi connectivity index (χ0n) is 24.2. The van der Waals surface area contributed by atoms with Gasteiger partial charge in [-0.2, -0.15) is 0 Å². The van der Waals surface area contributed by atoms with E-state index in [1.54, 1.807) is 17.0 Å². The maximum absolute atomic E-state index is 13.8. The molecule has 1 aromatic rings. The van der Waals surface area contributed by atoms with E-state index in [-0.39, 0.29) is 47.8 Å².